The third-order valence-corrected chi connectivity index (χ3v) is 6.38. The largest absolute Gasteiger partial charge is 0.485 e. The first kappa shape index (κ1) is 31.8. The number of alkyl carbamates (subject to hydrolysis) is 1. The number of benzene rings is 3. The SMILES string of the molecule is CC(C)(C)OC(=O)N[C@@H](Cc1ccc(OCc2ccccc2)c(OCc2ccccc2)c1)C(=O)OCC1COC(C)(C)O1. The smallest absolute Gasteiger partial charge is 0.408 e. The minimum Gasteiger partial charge on any atom is -0.485 e. The fraction of sp³-hybridized carbons (Fsp3) is 0.412. The van der Waals surface area contributed by atoms with Crippen LogP contribution in [0, 0.1) is 0 Å². The molecule has 230 valence electrons. The molecular formula is C34H41NO8. The van der Waals surface area contributed by atoms with Crippen LogP contribution < -0.4 is 14.8 Å². The highest BCUT2D eigenvalue weighted by Gasteiger charge is 2.34. The van der Waals surface area contributed by atoms with Crippen LogP contribution in [-0.2, 0) is 43.4 Å². The van der Waals surface area contributed by atoms with Gasteiger partial charge in [0, 0.05) is 6.42 Å². The van der Waals surface area contributed by atoms with E-state index < -0.39 is 35.6 Å². The second-order valence-electron chi connectivity index (χ2n) is 11.8. The molecule has 9 heteroatoms. The number of ether oxygens (including phenoxy) is 6. The van der Waals surface area contributed by atoms with Gasteiger partial charge in [0.15, 0.2) is 17.3 Å². The summed E-state index contributed by atoms with van der Waals surface area (Å²) < 4.78 is 34.6. The molecule has 0 spiro atoms. The molecule has 1 aliphatic rings. The summed E-state index contributed by atoms with van der Waals surface area (Å²) in [5.41, 5.74) is 2.01. The second-order valence-corrected chi connectivity index (χ2v) is 11.8. The molecule has 0 bridgehead atoms. The molecule has 43 heavy (non-hydrogen) atoms. The standard InChI is InChI=1S/C34H41NO8/c1-33(2,3)43-32(37)35-28(31(36)40-22-27-23-41-34(4,5)42-27)18-26-16-17-29(38-20-24-12-8-6-9-13-24)30(19-26)39-21-25-14-10-7-11-15-25/h6-17,19,27-28H,18,20-23H2,1-5H3,(H,35,37)/t27?,28-/m0/s1. The van der Waals surface area contributed by atoms with E-state index in [2.05, 4.69) is 5.32 Å². The zero-order valence-corrected chi connectivity index (χ0v) is 25.5. The quantitative estimate of drug-likeness (QED) is 0.257. The normalized spacial score (nSPS) is 16.6. The third-order valence-electron chi connectivity index (χ3n) is 6.38. The van der Waals surface area contributed by atoms with Gasteiger partial charge in [-0.1, -0.05) is 66.7 Å². The molecule has 1 heterocycles. The van der Waals surface area contributed by atoms with E-state index in [1.807, 2.05) is 72.8 Å². The van der Waals surface area contributed by atoms with Gasteiger partial charge in [0.1, 0.15) is 37.6 Å². The Morgan fingerprint density at radius 3 is 2.05 bits per heavy atom. The summed E-state index contributed by atoms with van der Waals surface area (Å²) in [4.78, 5) is 25.9. The van der Waals surface area contributed by atoms with Gasteiger partial charge in [-0.15, -0.1) is 0 Å². The zero-order valence-electron chi connectivity index (χ0n) is 25.5. The summed E-state index contributed by atoms with van der Waals surface area (Å²) >= 11 is 0. The number of rotatable bonds is 12. The Balaban J connectivity index is 1.51. The van der Waals surface area contributed by atoms with Crippen LogP contribution in [-0.4, -0.2) is 48.8 Å². The summed E-state index contributed by atoms with van der Waals surface area (Å²) in [5, 5.41) is 2.67. The lowest BCUT2D eigenvalue weighted by Gasteiger charge is -2.24. The van der Waals surface area contributed by atoms with E-state index in [9.17, 15) is 9.59 Å². The predicted octanol–water partition coefficient (Wildman–Crippen LogP) is 5.98. The van der Waals surface area contributed by atoms with Gasteiger partial charge in [0.25, 0.3) is 0 Å². The van der Waals surface area contributed by atoms with E-state index >= 15 is 0 Å². The predicted molar refractivity (Wildman–Crippen MR) is 161 cm³/mol. The molecule has 4 rings (SSSR count). The van der Waals surface area contributed by atoms with Crippen molar-refractivity contribution in [2.24, 2.45) is 0 Å². The maximum Gasteiger partial charge on any atom is 0.408 e. The molecule has 0 radical (unpaired) electrons. The van der Waals surface area contributed by atoms with Crippen molar-refractivity contribution in [3.8, 4) is 11.5 Å². The fourth-order valence-corrected chi connectivity index (χ4v) is 4.38. The summed E-state index contributed by atoms with van der Waals surface area (Å²) in [6.07, 6.45) is -0.994. The van der Waals surface area contributed by atoms with Gasteiger partial charge in [0.05, 0.1) is 6.61 Å². The lowest BCUT2D eigenvalue weighted by Crippen LogP contribution is -2.46. The number of hydrogen-bond donors (Lipinski definition) is 1. The average Bonchev–Trinajstić information content (AvgIpc) is 3.32. The molecule has 0 saturated carbocycles. The van der Waals surface area contributed by atoms with Crippen LogP contribution in [0.5, 0.6) is 11.5 Å². The van der Waals surface area contributed by atoms with Gasteiger partial charge in [-0.2, -0.15) is 0 Å². The van der Waals surface area contributed by atoms with Crippen LogP contribution in [0.25, 0.3) is 0 Å². The van der Waals surface area contributed by atoms with Crippen molar-refractivity contribution >= 4 is 12.1 Å². The first-order chi connectivity index (χ1) is 20.5. The molecule has 9 nitrogen and oxygen atoms in total. The third kappa shape index (κ3) is 10.6. The van der Waals surface area contributed by atoms with Crippen LogP contribution in [0.2, 0.25) is 0 Å². The lowest BCUT2D eigenvalue weighted by molar-refractivity contribution is -0.159. The Morgan fingerprint density at radius 2 is 1.49 bits per heavy atom. The number of nitrogens with one attached hydrogen (secondary N) is 1. The van der Waals surface area contributed by atoms with Gasteiger partial charge in [-0.3, -0.25) is 0 Å². The van der Waals surface area contributed by atoms with Crippen LogP contribution in [0.3, 0.4) is 0 Å². The monoisotopic (exact) mass is 591 g/mol. The molecule has 3 aromatic rings. The van der Waals surface area contributed by atoms with E-state index in [0.717, 1.165) is 16.7 Å². The molecule has 0 aliphatic carbocycles. The highest BCUT2D eigenvalue weighted by molar-refractivity contribution is 5.81. The van der Waals surface area contributed by atoms with Crippen LogP contribution in [0.15, 0.2) is 78.9 Å². The Kier molecular flexibility index (Phi) is 10.7. The van der Waals surface area contributed by atoms with Crippen molar-refractivity contribution in [1.29, 1.82) is 0 Å². The van der Waals surface area contributed by atoms with Gasteiger partial charge in [-0.05, 0) is 63.4 Å². The fourth-order valence-electron chi connectivity index (χ4n) is 4.38. The van der Waals surface area contributed by atoms with Crippen LogP contribution in [0.1, 0.15) is 51.3 Å². The Labute approximate surface area is 253 Å². The molecule has 1 fully saturated rings. The number of carbonyl (C=O) groups excluding carboxylic acids is 2. The molecule has 1 aliphatic heterocycles. The molecule has 3 aromatic carbocycles. The van der Waals surface area contributed by atoms with E-state index in [-0.39, 0.29) is 13.0 Å². The van der Waals surface area contributed by atoms with Crippen molar-refractivity contribution < 1.29 is 38.0 Å². The van der Waals surface area contributed by atoms with Gasteiger partial charge in [0.2, 0.25) is 0 Å². The van der Waals surface area contributed by atoms with Crippen molar-refractivity contribution in [1.82, 2.24) is 5.32 Å². The lowest BCUT2D eigenvalue weighted by atomic mass is 10.1. The van der Waals surface area contributed by atoms with E-state index in [1.165, 1.54) is 0 Å². The van der Waals surface area contributed by atoms with Crippen molar-refractivity contribution in [2.75, 3.05) is 13.2 Å². The Hall–Kier alpha value is -4.08. The summed E-state index contributed by atoms with van der Waals surface area (Å²) in [7, 11) is 0. The first-order valence-electron chi connectivity index (χ1n) is 14.4. The highest BCUT2D eigenvalue weighted by atomic mass is 16.7. The second kappa shape index (κ2) is 14.4. The number of amides is 1. The van der Waals surface area contributed by atoms with Crippen LogP contribution >= 0.6 is 0 Å². The van der Waals surface area contributed by atoms with E-state index in [1.54, 1.807) is 40.7 Å². The number of hydrogen-bond acceptors (Lipinski definition) is 8. The van der Waals surface area contributed by atoms with E-state index in [4.69, 9.17) is 28.4 Å². The van der Waals surface area contributed by atoms with E-state index in [0.29, 0.717) is 31.3 Å². The van der Waals surface area contributed by atoms with Crippen molar-refractivity contribution in [2.45, 2.75) is 77.8 Å². The summed E-state index contributed by atoms with van der Waals surface area (Å²) in [6.45, 7) is 9.84. The summed E-state index contributed by atoms with van der Waals surface area (Å²) in [6, 6.07) is 24.1. The first-order valence-corrected chi connectivity index (χ1v) is 14.4. The molecule has 1 N–H and O–H groups in total. The molecule has 1 amide bonds. The topological polar surface area (TPSA) is 102 Å². The van der Waals surface area contributed by atoms with Crippen molar-refractivity contribution in [3.63, 3.8) is 0 Å². The minimum atomic E-state index is -1.02. The molecule has 2 atom stereocenters. The average molecular weight is 592 g/mol. The molecule has 1 unspecified atom stereocenters. The maximum absolute atomic E-state index is 13.2. The minimum absolute atomic E-state index is 0.00748. The number of carbonyl (C=O) groups is 2. The number of esters is 1. The molecule has 0 aromatic heterocycles. The van der Waals surface area contributed by atoms with Crippen LogP contribution in [0.4, 0.5) is 4.79 Å². The van der Waals surface area contributed by atoms with Gasteiger partial charge < -0.3 is 33.7 Å². The summed E-state index contributed by atoms with van der Waals surface area (Å²) in [5.74, 6) is -0.286. The molecule has 1 saturated heterocycles. The van der Waals surface area contributed by atoms with Gasteiger partial charge >= 0.3 is 12.1 Å². The zero-order chi connectivity index (χ0) is 30.9. The maximum atomic E-state index is 13.2. The molecular weight excluding hydrogens is 550 g/mol. The Morgan fingerprint density at radius 1 is 0.884 bits per heavy atom. The van der Waals surface area contributed by atoms with Crippen molar-refractivity contribution in [3.05, 3.63) is 95.6 Å². The Bertz CT molecular complexity index is 1340. The van der Waals surface area contributed by atoms with Gasteiger partial charge in [-0.25, -0.2) is 9.59 Å². The highest BCUT2D eigenvalue weighted by Crippen LogP contribution is 2.31.